The quantitative estimate of drug-likeness (QED) is 0.428. The van der Waals surface area contributed by atoms with Crippen LogP contribution in [-0.2, 0) is 14.3 Å². The van der Waals surface area contributed by atoms with Gasteiger partial charge in [-0.15, -0.1) is 0 Å². The third-order valence-corrected chi connectivity index (χ3v) is 6.24. The number of furan rings is 1. The summed E-state index contributed by atoms with van der Waals surface area (Å²) in [7, 11) is 0. The number of amides is 3. The Bertz CT molecular complexity index is 1290. The van der Waals surface area contributed by atoms with Crippen LogP contribution >= 0.6 is 0 Å². The van der Waals surface area contributed by atoms with Crippen LogP contribution in [0.2, 0.25) is 0 Å². The van der Waals surface area contributed by atoms with Crippen molar-refractivity contribution in [1.29, 1.82) is 0 Å². The Morgan fingerprint density at radius 2 is 1.69 bits per heavy atom. The lowest BCUT2D eigenvalue weighted by atomic mass is 9.98. The van der Waals surface area contributed by atoms with Gasteiger partial charge in [0.25, 0.3) is 5.91 Å². The maximum atomic E-state index is 12.6. The summed E-state index contributed by atoms with van der Waals surface area (Å²) in [5.41, 5.74) is 4.36. The largest absolute Gasteiger partial charge is 0.481 e. The first kappa shape index (κ1) is 22.2. The molecule has 5 rings (SSSR count). The maximum Gasteiger partial charge on any atom is 0.411 e. The molecule has 0 radical (unpaired) electrons. The molecular weight excluding hydrogens is 454 g/mol. The molecule has 2 atom stereocenters. The van der Waals surface area contributed by atoms with E-state index in [4.69, 9.17) is 9.15 Å². The maximum absolute atomic E-state index is 12.6. The summed E-state index contributed by atoms with van der Waals surface area (Å²) in [6.45, 7) is -0.0100. The van der Waals surface area contributed by atoms with E-state index in [1.54, 1.807) is 0 Å². The zero-order valence-corrected chi connectivity index (χ0v) is 18.3. The highest BCUT2D eigenvalue weighted by Gasteiger charge is 2.41. The number of carbonyl (C=O) groups excluding carboxylic acids is 3. The van der Waals surface area contributed by atoms with E-state index in [1.165, 1.54) is 12.3 Å². The second-order valence-electron chi connectivity index (χ2n) is 8.25. The third kappa shape index (κ3) is 4.10. The van der Waals surface area contributed by atoms with E-state index in [0.29, 0.717) is 0 Å². The summed E-state index contributed by atoms with van der Waals surface area (Å²) >= 11 is 0. The molecule has 1 saturated heterocycles. The Hall–Kier alpha value is -4.60. The summed E-state index contributed by atoms with van der Waals surface area (Å²) in [6, 6.07) is 16.0. The molecule has 2 aromatic carbocycles. The van der Waals surface area contributed by atoms with Crippen LogP contribution in [0.25, 0.3) is 11.1 Å². The molecule has 3 amide bonds. The zero-order valence-electron chi connectivity index (χ0n) is 18.3. The number of carboxylic acid groups (broad SMARTS) is 1. The van der Waals surface area contributed by atoms with Crippen molar-refractivity contribution in [3.05, 3.63) is 77.7 Å². The second-order valence-corrected chi connectivity index (χ2v) is 8.25. The number of aliphatic carboxylic acids is 1. The fraction of sp³-hybridized carbons (Fsp3) is 0.200. The minimum atomic E-state index is -1.26. The third-order valence-electron chi connectivity index (χ3n) is 6.24. The zero-order chi connectivity index (χ0) is 24.5. The average molecular weight is 475 g/mol. The number of anilines is 1. The number of ether oxygens (including phenoxy) is 1. The van der Waals surface area contributed by atoms with E-state index < -0.39 is 35.8 Å². The first-order valence-corrected chi connectivity index (χ1v) is 10.9. The van der Waals surface area contributed by atoms with Crippen LogP contribution < -0.4 is 16.0 Å². The first-order valence-electron chi connectivity index (χ1n) is 10.9. The van der Waals surface area contributed by atoms with Gasteiger partial charge in [0.05, 0.1) is 12.0 Å². The second kappa shape index (κ2) is 8.98. The van der Waals surface area contributed by atoms with Gasteiger partial charge in [-0.3, -0.25) is 19.7 Å². The Morgan fingerprint density at radius 3 is 2.34 bits per heavy atom. The number of hydrogen-bond acceptors (Lipinski definition) is 6. The van der Waals surface area contributed by atoms with E-state index >= 15 is 0 Å². The lowest BCUT2D eigenvalue weighted by Gasteiger charge is -2.15. The SMILES string of the molecule is O=C(Nc1ccoc1C(=O)NC1C(=O)NCC1C(=O)O)OCC1c2ccccc2-c2ccccc21. The molecule has 0 saturated carbocycles. The van der Waals surface area contributed by atoms with Gasteiger partial charge in [0.1, 0.15) is 18.6 Å². The van der Waals surface area contributed by atoms with Crippen molar-refractivity contribution >= 4 is 29.6 Å². The monoisotopic (exact) mass is 475 g/mol. The molecule has 1 aliphatic carbocycles. The highest BCUT2D eigenvalue weighted by molar-refractivity contribution is 6.03. The van der Waals surface area contributed by atoms with Crippen molar-refractivity contribution in [2.45, 2.75) is 12.0 Å². The number of hydrogen-bond donors (Lipinski definition) is 4. The van der Waals surface area contributed by atoms with Gasteiger partial charge in [-0.2, -0.15) is 0 Å². The topological polar surface area (TPSA) is 147 Å². The predicted molar refractivity (Wildman–Crippen MR) is 123 cm³/mol. The first-order chi connectivity index (χ1) is 16.9. The summed E-state index contributed by atoms with van der Waals surface area (Å²) < 4.78 is 10.7. The van der Waals surface area contributed by atoms with Crippen molar-refractivity contribution in [3.8, 4) is 11.1 Å². The van der Waals surface area contributed by atoms with Gasteiger partial charge < -0.3 is 24.9 Å². The molecule has 10 heteroatoms. The van der Waals surface area contributed by atoms with E-state index in [1.807, 2.05) is 48.5 Å². The lowest BCUT2D eigenvalue weighted by Crippen LogP contribution is -2.45. The molecular formula is C25H21N3O7. The molecule has 2 aliphatic rings. The van der Waals surface area contributed by atoms with Gasteiger partial charge in [-0.1, -0.05) is 48.5 Å². The Morgan fingerprint density at radius 1 is 1.03 bits per heavy atom. The number of carboxylic acids is 1. The molecule has 10 nitrogen and oxygen atoms in total. The average Bonchev–Trinajstić information content (AvgIpc) is 3.54. The highest BCUT2D eigenvalue weighted by Crippen LogP contribution is 2.44. The summed E-state index contributed by atoms with van der Waals surface area (Å²) in [6.07, 6.45) is 0.404. The van der Waals surface area contributed by atoms with Crippen LogP contribution in [-0.4, -0.2) is 48.2 Å². The molecule has 0 spiro atoms. The summed E-state index contributed by atoms with van der Waals surface area (Å²) in [5, 5.41) is 16.5. The van der Waals surface area contributed by atoms with E-state index in [9.17, 15) is 24.3 Å². The molecule has 1 aromatic heterocycles. The Kier molecular flexibility index (Phi) is 5.69. The van der Waals surface area contributed by atoms with Crippen LogP contribution in [0.4, 0.5) is 10.5 Å². The van der Waals surface area contributed by atoms with Crippen molar-refractivity contribution in [1.82, 2.24) is 10.6 Å². The van der Waals surface area contributed by atoms with Crippen LogP contribution in [0.3, 0.4) is 0 Å². The molecule has 35 heavy (non-hydrogen) atoms. The lowest BCUT2D eigenvalue weighted by molar-refractivity contribution is -0.142. The number of nitrogens with one attached hydrogen (secondary N) is 3. The van der Waals surface area contributed by atoms with Gasteiger partial charge >= 0.3 is 12.1 Å². The van der Waals surface area contributed by atoms with E-state index in [-0.39, 0.29) is 30.5 Å². The molecule has 2 unspecified atom stereocenters. The molecule has 2 heterocycles. The minimum Gasteiger partial charge on any atom is -0.481 e. The molecule has 178 valence electrons. The van der Waals surface area contributed by atoms with Gasteiger partial charge in [-0.05, 0) is 22.3 Å². The molecule has 0 bridgehead atoms. The Balaban J connectivity index is 1.25. The number of benzene rings is 2. The number of rotatable bonds is 6. The highest BCUT2D eigenvalue weighted by atomic mass is 16.5. The molecule has 3 aromatic rings. The van der Waals surface area contributed by atoms with Crippen LogP contribution in [0.15, 0.2) is 65.3 Å². The van der Waals surface area contributed by atoms with Crippen LogP contribution in [0.1, 0.15) is 27.6 Å². The van der Waals surface area contributed by atoms with Crippen LogP contribution in [0, 0.1) is 5.92 Å². The fourth-order valence-electron chi connectivity index (χ4n) is 4.55. The molecule has 1 aliphatic heterocycles. The minimum absolute atomic E-state index is 0.0324. The number of fused-ring (bicyclic) bond motifs is 3. The van der Waals surface area contributed by atoms with Gasteiger partial charge in [-0.25, -0.2) is 4.79 Å². The van der Waals surface area contributed by atoms with Crippen molar-refractivity contribution in [2.24, 2.45) is 5.92 Å². The number of carbonyl (C=O) groups is 4. The van der Waals surface area contributed by atoms with Crippen LogP contribution in [0.5, 0.6) is 0 Å². The summed E-state index contributed by atoms with van der Waals surface area (Å²) in [4.78, 5) is 48.5. The Labute approximate surface area is 199 Å². The normalized spacial score (nSPS) is 18.3. The van der Waals surface area contributed by atoms with E-state index in [0.717, 1.165) is 22.3 Å². The molecule has 4 N–H and O–H groups in total. The summed E-state index contributed by atoms with van der Waals surface area (Å²) in [5.74, 6) is -4.18. The van der Waals surface area contributed by atoms with Gasteiger partial charge in [0.15, 0.2) is 0 Å². The fourth-order valence-corrected chi connectivity index (χ4v) is 4.55. The van der Waals surface area contributed by atoms with Crippen molar-refractivity contribution in [3.63, 3.8) is 0 Å². The van der Waals surface area contributed by atoms with Crippen molar-refractivity contribution in [2.75, 3.05) is 18.5 Å². The smallest absolute Gasteiger partial charge is 0.411 e. The molecule has 1 fully saturated rings. The predicted octanol–water partition coefficient (Wildman–Crippen LogP) is 2.57. The van der Waals surface area contributed by atoms with Gasteiger partial charge in [0, 0.05) is 18.5 Å². The standard InChI is InChI=1S/C25H21N3O7/c29-22-20(17(11-26-22)24(31)32)28-23(30)21-19(9-10-34-21)27-25(33)35-12-18-15-7-3-1-5-13(15)14-6-2-4-8-16(14)18/h1-10,17-18,20H,11-12H2,(H,26,29)(H,27,33)(H,28,30)(H,31,32). The van der Waals surface area contributed by atoms with Gasteiger partial charge in [0.2, 0.25) is 11.7 Å². The van der Waals surface area contributed by atoms with Crippen molar-refractivity contribution < 1.29 is 33.4 Å². The van der Waals surface area contributed by atoms with E-state index in [2.05, 4.69) is 16.0 Å².